The molecule has 2 aromatic rings. The zero-order valence-corrected chi connectivity index (χ0v) is 16.3. The zero-order chi connectivity index (χ0) is 21.4. The van der Waals surface area contributed by atoms with Crippen molar-refractivity contribution in [2.45, 2.75) is 32.4 Å². The monoisotopic (exact) mass is 397 g/mol. The third-order valence-corrected chi connectivity index (χ3v) is 4.41. The molecule has 28 heavy (non-hydrogen) atoms. The second kappa shape index (κ2) is 7.33. The van der Waals surface area contributed by atoms with E-state index < -0.39 is 35.6 Å². The lowest BCUT2D eigenvalue weighted by Gasteiger charge is -2.27. The van der Waals surface area contributed by atoms with Crippen molar-refractivity contribution in [1.82, 2.24) is 4.90 Å². The van der Waals surface area contributed by atoms with Crippen molar-refractivity contribution in [2.75, 3.05) is 20.7 Å². The molecule has 8 heteroatoms. The molecule has 0 bridgehead atoms. The number of hydrogen-bond donors (Lipinski definition) is 1. The third-order valence-electron chi connectivity index (χ3n) is 4.41. The molecule has 0 fully saturated rings. The molecule has 0 heterocycles. The van der Waals surface area contributed by atoms with Crippen molar-refractivity contribution in [3.63, 3.8) is 0 Å². The van der Waals surface area contributed by atoms with Crippen LogP contribution in [0.15, 0.2) is 24.3 Å². The summed E-state index contributed by atoms with van der Waals surface area (Å²) in [6, 6.07) is 5.39. The summed E-state index contributed by atoms with van der Waals surface area (Å²) in [6.45, 7) is 4.92. The van der Waals surface area contributed by atoms with Gasteiger partial charge in [0.2, 0.25) is 0 Å². The van der Waals surface area contributed by atoms with Crippen molar-refractivity contribution in [1.29, 1.82) is 0 Å². The minimum atomic E-state index is -4.69. The maximum atomic E-state index is 13.7. The summed E-state index contributed by atoms with van der Waals surface area (Å²) in [5.74, 6) is -2.22. The normalized spacial score (nSPS) is 12.1. The summed E-state index contributed by atoms with van der Waals surface area (Å²) in [7, 11) is 2.45. The Balaban J connectivity index is 2.92. The summed E-state index contributed by atoms with van der Waals surface area (Å²) in [5.41, 5.74) is -0.938. The van der Waals surface area contributed by atoms with Crippen molar-refractivity contribution in [2.24, 2.45) is 0 Å². The van der Waals surface area contributed by atoms with E-state index in [-0.39, 0.29) is 22.1 Å². The van der Waals surface area contributed by atoms with Crippen molar-refractivity contribution in [3.05, 3.63) is 41.0 Å². The zero-order valence-electron chi connectivity index (χ0n) is 16.3. The molecule has 2 aromatic carbocycles. The van der Waals surface area contributed by atoms with Gasteiger partial charge < -0.3 is 14.7 Å². The quantitative estimate of drug-likeness (QED) is 0.834. The molecule has 0 saturated heterocycles. The Morgan fingerprint density at radius 3 is 2.11 bits per heavy atom. The minimum absolute atomic E-state index is 0.0573. The van der Waals surface area contributed by atoms with E-state index in [1.807, 2.05) is 20.8 Å². The van der Waals surface area contributed by atoms with Gasteiger partial charge >= 0.3 is 12.1 Å². The summed E-state index contributed by atoms with van der Waals surface area (Å²) in [4.78, 5) is 25.0. The standard InChI is InChI=1S/C20H22F3NO4/c1-19(2,3)13-8-6-12-11(16(13)18(27)24(4)10-15(25)26)7-9-14(28-5)17(12)20(21,22)23/h6-9H,10H2,1-5H3,(H,25,26). The van der Waals surface area contributed by atoms with Gasteiger partial charge in [0.25, 0.3) is 5.91 Å². The average Bonchev–Trinajstić information content (AvgIpc) is 2.56. The molecule has 0 saturated carbocycles. The molecule has 0 atom stereocenters. The molecule has 2 rings (SSSR count). The maximum absolute atomic E-state index is 13.7. The van der Waals surface area contributed by atoms with Crippen LogP contribution in [0.1, 0.15) is 42.3 Å². The fourth-order valence-electron chi connectivity index (χ4n) is 3.17. The first-order valence-corrected chi connectivity index (χ1v) is 8.47. The SMILES string of the molecule is COc1ccc2c(C(=O)N(C)CC(=O)O)c(C(C)(C)C)ccc2c1C(F)(F)F. The van der Waals surface area contributed by atoms with E-state index in [9.17, 15) is 22.8 Å². The molecule has 0 aliphatic heterocycles. The molecular formula is C20H22F3NO4. The molecule has 0 aromatic heterocycles. The smallest absolute Gasteiger partial charge is 0.420 e. The first-order valence-electron chi connectivity index (χ1n) is 8.47. The van der Waals surface area contributed by atoms with Gasteiger partial charge in [-0.3, -0.25) is 9.59 Å². The van der Waals surface area contributed by atoms with Crippen LogP contribution < -0.4 is 4.74 Å². The number of rotatable bonds is 4. The number of amides is 1. The number of benzene rings is 2. The van der Waals surface area contributed by atoms with Crippen LogP contribution >= 0.6 is 0 Å². The van der Waals surface area contributed by atoms with Crippen LogP contribution in [0.25, 0.3) is 10.8 Å². The Kier molecular flexibility index (Phi) is 5.64. The van der Waals surface area contributed by atoms with Gasteiger partial charge in [-0.2, -0.15) is 13.2 Å². The summed E-state index contributed by atoms with van der Waals surface area (Å²) in [6.07, 6.45) is -4.69. The van der Waals surface area contributed by atoms with E-state index in [4.69, 9.17) is 9.84 Å². The largest absolute Gasteiger partial charge is 0.496 e. The van der Waals surface area contributed by atoms with Gasteiger partial charge in [0.15, 0.2) is 0 Å². The van der Waals surface area contributed by atoms with Gasteiger partial charge in [-0.15, -0.1) is 0 Å². The van der Waals surface area contributed by atoms with Crippen LogP contribution in [0, 0.1) is 0 Å². The molecule has 5 nitrogen and oxygen atoms in total. The number of halogens is 3. The molecular weight excluding hydrogens is 375 g/mol. The highest BCUT2D eigenvalue weighted by Crippen LogP contribution is 2.43. The van der Waals surface area contributed by atoms with Crippen molar-refractivity contribution >= 4 is 22.6 Å². The summed E-state index contributed by atoms with van der Waals surface area (Å²) in [5, 5.41) is 8.91. The number of hydrogen-bond acceptors (Lipinski definition) is 3. The Bertz CT molecular complexity index is 930. The predicted octanol–water partition coefficient (Wildman–Crippen LogP) is 4.32. The Morgan fingerprint density at radius 2 is 1.64 bits per heavy atom. The first-order chi connectivity index (χ1) is 12.8. The number of aliphatic carboxylic acids is 1. The minimum Gasteiger partial charge on any atom is -0.496 e. The van der Waals surface area contributed by atoms with E-state index in [0.29, 0.717) is 5.56 Å². The number of likely N-dealkylation sites (N-methyl/N-ethyl adjacent to an activating group) is 1. The molecule has 0 spiro atoms. The molecule has 0 radical (unpaired) electrons. The van der Waals surface area contributed by atoms with E-state index >= 15 is 0 Å². The Labute approximate surface area is 160 Å². The molecule has 152 valence electrons. The first kappa shape index (κ1) is 21.5. The van der Waals surface area contributed by atoms with Gasteiger partial charge in [0, 0.05) is 7.05 Å². The van der Waals surface area contributed by atoms with Gasteiger partial charge in [-0.25, -0.2) is 0 Å². The second-order valence-electron chi connectivity index (χ2n) is 7.53. The number of carboxylic acids is 1. The fourth-order valence-corrected chi connectivity index (χ4v) is 3.17. The number of nitrogens with zero attached hydrogens (tertiary/aromatic N) is 1. The predicted molar refractivity (Wildman–Crippen MR) is 98.8 cm³/mol. The number of methoxy groups -OCH3 is 1. The van der Waals surface area contributed by atoms with E-state index in [2.05, 4.69) is 0 Å². The van der Waals surface area contributed by atoms with Crippen LogP contribution in [0.5, 0.6) is 5.75 Å². The van der Waals surface area contributed by atoms with E-state index in [0.717, 1.165) is 12.0 Å². The van der Waals surface area contributed by atoms with Crippen molar-refractivity contribution in [3.8, 4) is 5.75 Å². The van der Waals surface area contributed by atoms with Crippen LogP contribution in [0.2, 0.25) is 0 Å². The van der Waals surface area contributed by atoms with Gasteiger partial charge in [-0.1, -0.05) is 32.9 Å². The molecule has 0 unspecified atom stereocenters. The highest BCUT2D eigenvalue weighted by Gasteiger charge is 2.38. The van der Waals surface area contributed by atoms with Gasteiger partial charge in [-0.05, 0) is 33.9 Å². The van der Waals surface area contributed by atoms with Gasteiger partial charge in [0.05, 0.1) is 12.7 Å². The number of alkyl halides is 3. The number of ether oxygens (including phenoxy) is 1. The van der Waals surface area contributed by atoms with Crippen LogP contribution in [0.3, 0.4) is 0 Å². The number of carboxylic acid groups (broad SMARTS) is 1. The summed E-state index contributed by atoms with van der Waals surface area (Å²) >= 11 is 0. The highest BCUT2D eigenvalue weighted by molar-refractivity contribution is 6.10. The second-order valence-corrected chi connectivity index (χ2v) is 7.53. The molecule has 0 aliphatic rings. The number of fused-ring (bicyclic) bond motifs is 1. The maximum Gasteiger partial charge on any atom is 0.420 e. The van der Waals surface area contributed by atoms with Crippen LogP contribution in [0.4, 0.5) is 13.2 Å². The molecule has 1 N–H and O–H groups in total. The van der Waals surface area contributed by atoms with E-state index in [1.165, 1.54) is 31.3 Å². The van der Waals surface area contributed by atoms with Crippen LogP contribution in [-0.2, 0) is 16.4 Å². The number of carbonyl (C=O) groups is 2. The number of carbonyl (C=O) groups excluding carboxylic acids is 1. The average molecular weight is 397 g/mol. The fraction of sp³-hybridized carbons (Fsp3) is 0.400. The summed E-state index contributed by atoms with van der Waals surface area (Å²) < 4.78 is 46.0. The molecule has 1 amide bonds. The highest BCUT2D eigenvalue weighted by atomic mass is 19.4. The Hall–Kier alpha value is -2.77. The Morgan fingerprint density at radius 1 is 1.07 bits per heavy atom. The van der Waals surface area contributed by atoms with Crippen LogP contribution in [-0.4, -0.2) is 42.6 Å². The third kappa shape index (κ3) is 4.05. The van der Waals surface area contributed by atoms with Gasteiger partial charge in [0.1, 0.15) is 17.9 Å². The van der Waals surface area contributed by atoms with Crippen molar-refractivity contribution < 1.29 is 32.6 Å². The lowest BCUT2D eigenvalue weighted by atomic mass is 9.80. The van der Waals surface area contributed by atoms with E-state index in [1.54, 1.807) is 0 Å². The lowest BCUT2D eigenvalue weighted by molar-refractivity contribution is -0.138. The molecule has 0 aliphatic carbocycles. The lowest BCUT2D eigenvalue weighted by Crippen LogP contribution is -2.34. The topological polar surface area (TPSA) is 66.8 Å².